The Bertz CT molecular complexity index is 1100. The lowest BCUT2D eigenvalue weighted by Gasteiger charge is -2.27. The van der Waals surface area contributed by atoms with Crippen molar-refractivity contribution in [2.75, 3.05) is 20.3 Å². The van der Waals surface area contributed by atoms with E-state index in [9.17, 15) is 9.59 Å². The minimum absolute atomic E-state index is 0.257. The van der Waals surface area contributed by atoms with Crippen LogP contribution in [0.1, 0.15) is 38.3 Å². The first kappa shape index (κ1) is 18.0. The molecule has 4 nitrogen and oxygen atoms in total. The fourth-order valence-electron chi connectivity index (χ4n) is 3.49. The minimum atomic E-state index is -0.257. The standard InChI is InChI=1S/C24H19NO3/c1-28-16-6-15-25-23(26)20-10-5-9-19-18(12-11-17-7-3-2-4-8-17)13-14-21(22(19)20)24(25)27/h2-5,7-10,13-14H,6,15-16H2,1H3. The van der Waals surface area contributed by atoms with Crippen LogP contribution in [-0.2, 0) is 4.74 Å². The number of carbonyl (C=O) groups is 2. The van der Waals surface area contributed by atoms with Crippen molar-refractivity contribution in [3.63, 3.8) is 0 Å². The van der Waals surface area contributed by atoms with E-state index in [-0.39, 0.29) is 11.8 Å². The molecule has 0 radical (unpaired) electrons. The van der Waals surface area contributed by atoms with Gasteiger partial charge in [-0.2, -0.15) is 0 Å². The van der Waals surface area contributed by atoms with Crippen LogP contribution in [0.3, 0.4) is 0 Å². The zero-order chi connectivity index (χ0) is 19.5. The van der Waals surface area contributed by atoms with Gasteiger partial charge in [0.25, 0.3) is 11.8 Å². The molecular formula is C24H19NO3. The Morgan fingerprint density at radius 2 is 1.61 bits per heavy atom. The molecule has 0 spiro atoms. The monoisotopic (exact) mass is 369 g/mol. The van der Waals surface area contributed by atoms with Gasteiger partial charge in [-0.1, -0.05) is 42.2 Å². The maximum Gasteiger partial charge on any atom is 0.261 e. The minimum Gasteiger partial charge on any atom is -0.385 e. The summed E-state index contributed by atoms with van der Waals surface area (Å²) in [5, 5.41) is 1.53. The molecule has 2 amide bonds. The van der Waals surface area contributed by atoms with Crippen LogP contribution in [-0.4, -0.2) is 37.0 Å². The number of nitrogens with zero attached hydrogens (tertiary/aromatic N) is 1. The number of imide groups is 1. The highest BCUT2D eigenvalue weighted by molar-refractivity contribution is 6.26. The van der Waals surface area contributed by atoms with E-state index < -0.39 is 0 Å². The summed E-state index contributed by atoms with van der Waals surface area (Å²) < 4.78 is 5.05. The predicted molar refractivity (Wildman–Crippen MR) is 108 cm³/mol. The molecular weight excluding hydrogens is 350 g/mol. The summed E-state index contributed by atoms with van der Waals surface area (Å²) in [7, 11) is 1.61. The lowest BCUT2D eigenvalue weighted by molar-refractivity contribution is 0.0595. The van der Waals surface area contributed by atoms with Crippen molar-refractivity contribution < 1.29 is 14.3 Å². The van der Waals surface area contributed by atoms with Crippen LogP contribution in [0.15, 0.2) is 60.7 Å². The van der Waals surface area contributed by atoms with Gasteiger partial charge < -0.3 is 4.74 Å². The number of carbonyl (C=O) groups excluding carboxylic acids is 2. The number of methoxy groups -OCH3 is 1. The SMILES string of the molecule is COCCCN1C(=O)c2cccc3c(C#Cc4ccccc4)ccc(c23)C1=O. The molecule has 0 atom stereocenters. The van der Waals surface area contributed by atoms with E-state index in [1.807, 2.05) is 48.5 Å². The molecule has 4 heteroatoms. The molecule has 0 N–H and O–H groups in total. The molecule has 3 aromatic carbocycles. The second-order valence-electron chi connectivity index (χ2n) is 6.61. The summed E-state index contributed by atoms with van der Waals surface area (Å²) in [4.78, 5) is 27.2. The quantitative estimate of drug-likeness (QED) is 0.398. The second kappa shape index (κ2) is 7.67. The van der Waals surface area contributed by atoms with Crippen LogP contribution < -0.4 is 0 Å². The molecule has 0 saturated carbocycles. The maximum atomic E-state index is 12.9. The number of benzene rings is 3. The van der Waals surface area contributed by atoms with Crippen molar-refractivity contribution in [1.82, 2.24) is 4.90 Å². The molecule has 0 aliphatic carbocycles. The summed E-state index contributed by atoms with van der Waals surface area (Å²) in [5.74, 6) is 5.82. The van der Waals surface area contributed by atoms with Gasteiger partial charge in [0.2, 0.25) is 0 Å². The van der Waals surface area contributed by atoms with Crippen molar-refractivity contribution in [3.05, 3.63) is 82.9 Å². The smallest absolute Gasteiger partial charge is 0.261 e. The molecule has 0 aromatic heterocycles. The third kappa shape index (κ3) is 3.17. The summed E-state index contributed by atoms with van der Waals surface area (Å²) in [6, 6.07) is 18.9. The average Bonchev–Trinajstić information content (AvgIpc) is 2.74. The van der Waals surface area contributed by atoms with Gasteiger partial charge in [-0.25, -0.2) is 0 Å². The topological polar surface area (TPSA) is 46.6 Å². The van der Waals surface area contributed by atoms with Crippen LogP contribution in [0.4, 0.5) is 0 Å². The summed E-state index contributed by atoms with van der Waals surface area (Å²) in [6.45, 7) is 0.846. The molecule has 28 heavy (non-hydrogen) atoms. The van der Waals surface area contributed by atoms with Gasteiger partial charge in [-0.3, -0.25) is 14.5 Å². The fraction of sp³-hybridized carbons (Fsp3) is 0.167. The first-order chi connectivity index (χ1) is 13.7. The second-order valence-corrected chi connectivity index (χ2v) is 6.61. The van der Waals surface area contributed by atoms with Crippen molar-refractivity contribution in [2.24, 2.45) is 0 Å². The van der Waals surface area contributed by atoms with E-state index in [2.05, 4.69) is 11.8 Å². The normalized spacial score (nSPS) is 12.8. The Labute approximate surface area is 163 Å². The Balaban J connectivity index is 1.79. The van der Waals surface area contributed by atoms with Gasteiger partial charge in [-0.05, 0) is 42.1 Å². The van der Waals surface area contributed by atoms with E-state index in [0.29, 0.717) is 36.1 Å². The van der Waals surface area contributed by atoms with Crippen LogP contribution in [0, 0.1) is 11.8 Å². The van der Waals surface area contributed by atoms with E-state index in [0.717, 1.165) is 16.5 Å². The molecule has 1 heterocycles. The van der Waals surface area contributed by atoms with Gasteiger partial charge in [0, 0.05) is 47.9 Å². The highest BCUT2D eigenvalue weighted by atomic mass is 16.5. The number of ether oxygens (including phenoxy) is 1. The zero-order valence-corrected chi connectivity index (χ0v) is 15.6. The fourth-order valence-corrected chi connectivity index (χ4v) is 3.49. The molecule has 0 unspecified atom stereocenters. The number of hydrogen-bond donors (Lipinski definition) is 0. The lowest BCUT2D eigenvalue weighted by atomic mass is 9.91. The van der Waals surface area contributed by atoms with Gasteiger partial charge in [0.1, 0.15) is 0 Å². The number of amides is 2. The Kier molecular flexibility index (Phi) is 4.92. The Hall–Kier alpha value is -3.42. The zero-order valence-electron chi connectivity index (χ0n) is 15.6. The third-order valence-corrected chi connectivity index (χ3v) is 4.84. The maximum absolute atomic E-state index is 12.9. The average molecular weight is 369 g/mol. The van der Waals surface area contributed by atoms with Gasteiger partial charge in [0.15, 0.2) is 0 Å². The molecule has 0 bridgehead atoms. The van der Waals surface area contributed by atoms with Crippen LogP contribution in [0.25, 0.3) is 10.8 Å². The van der Waals surface area contributed by atoms with Crippen molar-refractivity contribution in [1.29, 1.82) is 0 Å². The molecule has 0 fully saturated rings. The number of hydrogen-bond acceptors (Lipinski definition) is 3. The summed E-state index contributed by atoms with van der Waals surface area (Å²) in [6.07, 6.45) is 0.611. The van der Waals surface area contributed by atoms with Gasteiger partial charge in [-0.15, -0.1) is 0 Å². The van der Waals surface area contributed by atoms with E-state index in [1.165, 1.54) is 4.90 Å². The first-order valence-electron chi connectivity index (χ1n) is 9.18. The first-order valence-corrected chi connectivity index (χ1v) is 9.18. The van der Waals surface area contributed by atoms with Crippen LogP contribution >= 0.6 is 0 Å². The van der Waals surface area contributed by atoms with E-state index >= 15 is 0 Å². The Morgan fingerprint density at radius 1 is 0.857 bits per heavy atom. The van der Waals surface area contributed by atoms with E-state index in [1.54, 1.807) is 19.2 Å². The molecule has 1 aliphatic rings. The predicted octanol–water partition coefficient (Wildman–Crippen LogP) is 3.87. The summed E-state index contributed by atoms with van der Waals surface area (Å²) >= 11 is 0. The van der Waals surface area contributed by atoms with Gasteiger partial charge in [0.05, 0.1) is 0 Å². The van der Waals surface area contributed by atoms with Gasteiger partial charge >= 0.3 is 0 Å². The van der Waals surface area contributed by atoms with Crippen LogP contribution in [0.5, 0.6) is 0 Å². The molecule has 138 valence electrons. The molecule has 1 aliphatic heterocycles. The summed E-state index contributed by atoms with van der Waals surface area (Å²) in [5.41, 5.74) is 2.82. The Morgan fingerprint density at radius 3 is 2.36 bits per heavy atom. The molecule has 0 saturated heterocycles. The highest BCUT2D eigenvalue weighted by Gasteiger charge is 2.32. The third-order valence-electron chi connectivity index (χ3n) is 4.84. The number of rotatable bonds is 4. The molecule has 3 aromatic rings. The van der Waals surface area contributed by atoms with Crippen LogP contribution in [0.2, 0.25) is 0 Å². The van der Waals surface area contributed by atoms with E-state index in [4.69, 9.17) is 4.74 Å². The lowest BCUT2D eigenvalue weighted by Crippen LogP contribution is -2.41. The van der Waals surface area contributed by atoms with Crippen molar-refractivity contribution in [3.8, 4) is 11.8 Å². The molecule has 4 rings (SSSR count). The largest absolute Gasteiger partial charge is 0.385 e. The highest BCUT2D eigenvalue weighted by Crippen LogP contribution is 2.32. The van der Waals surface area contributed by atoms with Crippen molar-refractivity contribution >= 4 is 22.6 Å². The van der Waals surface area contributed by atoms with Crippen molar-refractivity contribution in [2.45, 2.75) is 6.42 Å².